The maximum atomic E-state index is 14.1. The van der Waals surface area contributed by atoms with E-state index in [2.05, 4.69) is 0 Å². The minimum absolute atomic E-state index is 0.330. The molecule has 1 heterocycles. The van der Waals surface area contributed by atoms with E-state index >= 15 is 0 Å². The number of benzene rings is 2. The fourth-order valence-corrected chi connectivity index (χ4v) is 3.32. The summed E-state index contributed by atoms with van der Waals surface area (Å²) in [5.74, 6) is -0.0874. The van der Waals surface area contributed by atoms with Gasteiger partial charge in [-0.3, -0.25) is 0 Å². The van der Waals surface area contributed by atoms with Gasteiger partial charge in [-0.05, 0) is 55.3 Å². The molecule has 6 nitrogen and oxygen atoms in total. The number of aliphatic hydroxyl groups excluding tert-OH is 3. The first-order valence-corrected chi connectivity index (χ1v) is 9.10. The lowest BCUT2D eigenvalue weighted by molar-refractivity contribution is -0.314. The predicted octanol–water partition coefficient (Wildman–Crippen LogP) is 2.02. The van der Waals surface area contributed by atoms with Crippen molar-refractivity contribution < 1.29 is 34.3 Å². The third-order valence-corrected chi connectivity index (χ3v) is 5.14. The van der Waals surface area contributed by atoms with Crippen LogP contribution in [0.1, 0.15) is 12.5 Å². The number of rotatable bonds is 4. The third kappa shape index (κ3) is 3.87. The van der Waals surface area contributed by atoms with Crippen LogP contribution in [-0.2, 0) is 4.74 Å². The Labute approximate surface area is 166 Å². The Kier molecular flexibility index (Phi) is 5.95. The molecule has 2 unspecified atom stereocenters. The summed E-state index contributed by atoms with van der Waals surface area (Å²) in [5.41, 5.74) is -0.376. The Hall–Kier alpha value is -1.74. The maximum Gasteiger partial charge on any atom is 0.231 e. The van der Waals surface area contributed by atoms with E-state index < -0.39 is 42.6 Å². The van der Waals surface area contributed by atoms with Crippen molar-refractivity contribution in [3.63, 3.8) is 0 Å². The van der Waals surface area contributed by atoms with E-state index in [-0.39, 0.29) is 0 Å². The normalized spacial score (nSPS) is 30.3. The van der Waals surface area contributed by atoms with Crippen LogP contribution in [0.4, 0.5) is 4.39 Å². The summed E-state index contributed by atoms with van der Waals surface area (Å²) in [6, 6.07) is 9.16. The highest BCUT2D eigenvalue weighted by Gasteiger charge is 2.53. The Bertz CT molecular complexity index is 859. The molecule has 0 saturated carbocycles. The monoisotopic (exact) mass is 412 g/mol. The Morgan fingerprint density at radius 3 is 2.57 bits per heavy atom. The maximum absolute atomic E-state index is 14.1. The molecule has 152 valence electrons. The number of aryl methyl sites for hydroxylation is 1. The van der Waals surface area contributed by atoms with Crippen LogP contribution in [0, 0.1) is 12.7 Å². The van der Waals surface area contributed by atoms with Gasteiger partial charge >= 0.3 is 0 Å². The van der Waals surface area contributed by atoms with Crippen LogP contribution >= 0.6 is 11.6 Å². The molecule has 3 rings (SSSR count). The van der Waals surface area contributed by atoms with Gasteiger partial charge in [-0.25, -0.2) is 4.39 Å². The molecule has 0 bridgehead atoms. The van der Waals surface area contributed by atoms with Gasteiger partial charge in [0.2, 0.25) is 6.29 Å². The molecule has 8 heteroatoms. The van der Waals surface area contributed by atoms with E-state index in [0.717, 1.165) is 0 Å². The zero-order valence-corrected chi connectivity index (χ0v) is 16.1. The fraction of sp³-hybridized carbons (Fsp3) is 0.400. The summed E-state index contributed by atoms with van der Waals surface area (Å²) < 4.78 is 25.3. The molecule has 1 aliphatic heterocycles. The van der Waals surface area contributed by atoms with Gasteiger partial charge in [0.1, 0.15) is 29.9 Å². The second-order valence-electron chi connectivity index (χ2n) is 7.07. The van der Waals surface area contributed by atoms with Crippen molar-refractivity contribution in [1.82, 2.24) is 0 Å². The van der Waals surface area contributed by atoms with Gasteiger partial charge in [-0.15, -0.1) is 0 Å². The SMILES string of the molecule is Cc1cc(-c2cc(Cl)ccc2F)ccc1O[C@H]1OC(CO)[C@@H](O)C(O)[C@]1(C)O. The van der Waals surface area contributed by atoms with Gasteiger partial charge in [0.15, 0.2) is 5.60 Å². The van der Waals surface area contributed by atoms with Crippen LogP contribution in [0.5, 0.6) is 5.75 Å². The lowest BCUT2D eigenvalue weighted by Gasteiger charge is -2.45. The molecule has 0 spiro atoms. The molecule has 2 aromatic carbocycles. The molecule has 4 N–H and O–H groups in total. The first kappa shape index (κ1) is 21.0. The standard InChI is InChI=1S/C20H22ClFO6/c1-10-7-11(13-8-12(21)4-5-14(13)22)3-6-15(10)27-19-20(2,26)18(25)17(24)16(9-23)28-19/h3-8,16-19,23-26H,9H2,1-2H3/t16?,17-,18?,19+,20+/m1/s1. The highest BCUT2D eigenvalue weighted by atomic mass is 35.5. The lowest BCUT2D eigenvalue weighted by Crippen LogP contribution is -2.66. The zero-order chi connectivity index (χ0) is 20.6. The number of halogens is 2. The topological polar surface area (TPSA) is 99.4 Å². The third-order valence-electron chi connectivity index (χ3n) is 4.91. The fourth-order valence-electron chi connectivity index (χ4n) is 3.15. The predicted molar refractivity (Wildman–Crippen MR) is 101 cm³/mol. The molecule has 28 heavy (non-hydrogen) atoms. The molecule has 5 atom stereocenters. The minimum Gasteiger partial charge on any atom is -0.461 e. The highest BCUT2D eigenvalue weighted by Crippen LogP contribution is 2.34. The number of ether oxygens (including phenoxy) is 2. The summed E-state index contributed by atoms with van der Waals surface area (Å²) in [5, 5.41) is 40.3. The van der Waals surface area contributed by atoms with Crippen LogP contribution < -0.4 is 4.74 Å². The zero-order valence-electron chi connectivity index (χ0n) is 15.3. The van der Waals surface area contributed by atoms with E-state index in [1.807, 2.05) is 0 Å². The largest absolute Gasteiger partial charge is 0.461 e. The highest BCUT2D eigenvalue weighted by molar-refractivity contribution is 6.30. The smallest absolute Gasteiger partial charge is 0.231 e. The second kappa shape index (κ2) is 7.94. The molecular weight excluding hydrogens is 391 g/mol. The molecular formula is C20H22ClFO6. The van der Waals surface area contributed by atoms with Crippen molar-refractivity contribution >= 4 is 11.6 Å². The summed E-state index contributed by atoms with van der Waals surface area (Å²) in [6.07, 6.45) is -5.49. The number of aliphatic hydroxyl groups is 4. The van der Waals surface area contributed by atoms with Crippen molar-refractivity contribution in [2.24, 2.45) is 0 Å². The van der Waals surface area contributed by atoms with E-state index in [9.17, 15) is 24.8 Å². The van der Waals surface area contributed by atoms with Crippen molar-refractivity contribution in [3.05, 3.63) is 52.8 Å². The number of hydrogen-bond donors (Lipinski definition) is 4. The summed E-state index contributed by atoms with van der Waals surface area (Å²) in [7, 11) is 0. The summed E-state index contributed by atoms with van der Waals surface area (Å²) in [6.45, 7) is 2.44. The molecule has 0 amide bonds. The molecule has 0 radical (unpaired) electrons. The van der Waals surface area contributed by atoms with E-state index in [0.29, 0.717) is 27.5 Å². The van der Waals surface area contributed by atoms with Crippen LogP contribution in [0.25, 0.3) is 11.1 Å². The second-order valence-corrected chi connectivity index (χ2v) is 7.51. The summed E-state index contributed by atoms with van der Waals surface area (Å²) in [4.78, 5) is 0. The van der Waals surface area contributed by atoms with Crippen molar-refractivity contribution in [3.8, 4) is 16.9 Å². The van der Waals surface area contributed by atoms with E-state index in [4.69, 9.17) is 21.1 Å². The van der Waals surface area contributed by atoms with Crippen molar-refractivity contribution in [2.45, 2.75) is 44.1 Å². The quantitative estimate of drug-likeness (QED) is 0.613. The van der Waals surface area contributed by atoms with Gasteiger partial charge in [-0.2, -0.15) is 0 Å². The van der Waals surface area contributed by atoms with Crippen LogP contribution in [0.15, 0.2) is 36.4 Å². The Balaban J connectivity index is 1.87. The van der Waals surface area contributed by atoms with Gasteiger partial charge in [0.25, 0.3) is 0 Å². The van der Waals surface area contributed by atoms with E-state index in [1.54, 1.807) is 25.1 Å². The van der Waals surface area contributed by atoms with Gasteiger partial charge < -0.3 is 29.9 Å². The van der Waals surface area contributed by atoms with Gasteiger partial charge in [-0.1, -0.05) is 17.7 Å². The van der Waals surface area contributed by atoms with Crippen LogP contribution in [0.3, 0.4) is 0 Å². The first-order valence-electron chi connectivity index (χ1n) is 8.72. The van der Waals surface area contributed by atoms with Crippen LogP contribution in [0.2, 0.25) is 5.02 Å². The molecule has 1 fully saturated rings. The molecule has 2 aromatic rings. The molecule has 1 aliphatic rings. The Morgan fingerprint density at radius 2 is 1.93 bits per heavy atom. The first-order chi connectivity index (χ1) is 13.1. The molecule has 0 aromatic heterocycles. The molecule has 1 saturated heterocycles. The number of hydrogen-bond acceptors (Lipinski definition) is 6. The molecule has 0 aliphatic carbocycles. The lowest BCUT2D eigenvalue weighted by atomic mass is 9.88. The van der Waals surface area contributed by atoms with Crippen LogP contribution in [-0.4, -0.2) is 57.2 Å². The van der Waals surface area contributed by atoms with Gasteiger partial charge in [0, 0.05) is 10.6 Å². The average molecular weight is 413 g/mol. The van der Waals surface area contributed by atoms with Gasteiger partial charge in [0.05, 0.1) is 6.61 Å². The van der Waals surface area contributed by atoms with Crippen molar-refractivity contribution in [2.75, 3.05) is 6.61 Å². The summed E-state index contributed by atoms with van der Waals surface area (Å²) >= 11 is 5.95. The van der Waals surface area contributed by atoms with E-state index in [1.165, 1.54) is 25.1 Å². The van der Waals surface area contributed by atoms with Crippen molar-refractivity contribution in [1.29, 1.82) is 0 Å². The average Bonchev–Trinajstić information content (AvgIpc) is 2.65. The minimum atomic E-state index is -1.92. The Morgan fingerprint density at radius 1 is 1.21 bits per heavy atom.